The SMILES string of the molecule is Nc1nc(/C(=N/OCC(=O)O)C(=O)N[C@H]2Cc3cccc(C(=O)O)c3OB2O)cs1. The summed E-state index contributed by atoms with van der Waals surface area (Å²) in [6.07, 6.45) is 0.0752. The van der Waals surface area contributed by atoms with Crippen molar-refractivity contribution in [2.75, 3.05) is 12.3 Å². The average Bonchev–Trinajstić information content (AvgIpc) is 3.10. The van der Waals surface area contributed by atoms with E-state index in [9.17, 15) is 24.5 Å². The number of amides is 1. The summed E-state index contributed by atoms with van der Waals surface area (Å²) < 4.78 is 5.32. The van der Waals surface area contributed by atoms with E-state index < -0.39 is 37.5 Å². The standard InChI is InChI=1S/C16H15BN4O8S/c18-16-19-9(6-30-16)12(21-28-5-11(22)23)14(24)20-10-4-7-2-1-3-8(15(25)26)13(7)29-17(10)27/h1-3,6,10,27H,4-5H2,(H2,18,19)(H,20,24)(H,22,23)(H,25,26)/b21-12-/t10-/m0/s1. The molecule has 2 heterocycles. The van der Waals surface area contributed by atoms with Crippen molar-refractivity contribution in [3.05, 3.63) is 40.4 Å². The summed E-state index contributed by atoms with van der Waals surface area (Å²) in [5, 5.41) is 35.8. The Labute approximate surface area is 173 Å². The van der Waals surface area contributed by atoms with E-state index in [1.165, 1.54) is 17.5 Å². The number of anilines is 1. The maximum atomic E-state index is 12.7. The van der Waals surface area contributed by atoms with Crippen LogP contribution in [0.15, 0.2) is 28.7 Å². The minimum Gasteiger partial charge on any atom is -0.534 e. The zero-order valence-electron chi connectivity index (χ0n) is 15.1. The minimum absolute atomic E-state index is 0.0222. The summed E-state index contributed by atoms with van der Waals surface area (Å²) in [7, 11) is -1.54. The minimum atomic E-state index is -1.54. The number of carbonyl (C=O) groups excluding carboxylic acids is 1. The lowest BCUT2D eigenvalue weighted by Gasteiger charge is -2.28. The molecule has 2 aromatic rings. The summed E-state index contributed by atoms with van der Waals surface area (Å²) in [5.74, 6) is -4.26. The number of rotatable bonds is 7. The highest BCUT2D eigenvalue weighted by Gasteiger charge is 2.38. The third kappa shape index (κ3) is 4.67. The molecule has 1 atom stereocenters. The maximum Gasteiger partial charge on any atom is 0.547 e. The van der Waals surface area contributed by atoms with Gasteiger partial charge in [-0.05, 0) is 18.1 Å². The number of carboxylic acid groups (broad SMARTS) is 2. The fourth-order valence-corrected chi connectivity index (χ4v) is 3.25. The Hall–Kier alpha value is -3.65. The number of aromatic carboxylic acids is 1. The number of nitrogens with two attached hydrogens (primary N) is 1. The van der Waals surface area contributed by atoms with Gasteiger partial charge in [0, 0.05) is 5.38 Å². The number of hydrogen-bond donors (Lipinski definition) is 5. The maximum absolute atomic E-state index is 12.7. The number of nitrogens with zero attached hydrogens (tertiary/aromatic N) is 2. The van der Waals surface area contributed by atoms with Crippen LogP contribution in [0.3, 0.4) is 0 Å². The zero-order valence-corrected chi connectivity index (χ0v) is 16.0. The molecule has 1 aliphatic heterocycles. The van der Waals surface area contributed by atoms with Crippen LogP contribution < -0.4 is 15.7 Å². The van der Waals surface area contributed by atoms with E-state index in [0.29, 0.717) is 5.56 Å². The third-order valence-corrected chi connectivity index (χ3v) is 4.66. The number of aromatic nitrogens is 1. The summed E-state index contributed by atoms with van der Waals surface area (Å²) in [5.41, 5.74) is 5.64. The second-order valence-corrected chi connectivity index (χ2v) is 6.96. The van der Waals surface area contributed by atoms with Gasteiger partial charge >= 0.3 is 19.1 Å². The van der Waals surface area contributed by atoms with Gasteiger partial charge in [0.25, 0.3) is 5.91 Å². The van der Waals surface area contributed by atoms with E-state index in [2.05, 4.69) is 20.3 Å². The van der Waals surface area contributed by atoms with Crippen molar-refractivity contribution in [2.24, 2.45) is 5.16 Å². The molecule has 30 heavy (non-hydrogen) atoms. The van der Waals surface area contributed by atoms with Gasteiger partial charge in [-0.3, -0.25) is 4.79 Å². The molecule has 0 spiro atoms. The van der Waals surface area contributed by atoms with Crippen LogP contribution in [0.5, 0.6) is 5.75 Å². The lowest BCUT2D eigenvalue weighted by molar-refractivity contribution is -0.142. The Bertz CT molecular complexity index is 1030. The molecule has 156 valence electrons. The molecule has 1 aromatic heterocycles. The van der Waals surface area contributed by atoms with Gasteiger partial charge in [-0.25, -0.2) is 14.6 Å². The molecule has 0 aliphatic carbocycles. The van der Waals surface area contributed by atoms with Crippen molar-refractivity contribution in [3.63, 3.8) is 0 Å². The molecule has 0 fully saturated rings. The van der Waals surface area contributed by atoms with E-state index in [1.807, 2.05) is 0 Å². The highest BCUT2D eigenvalue weighted by Crippen LogP contribution is 2.30. The lowest BCUT2D eigenvalue weighted by Crippen LogP contribution is -2.54. The van der Waals surface area contributed by atoms with Crippen LogP contribution in [0.2, 0.25) is 0 Å². The lowest BCUT2D eigenvalue weighted by atomic mass is 9.72. The van der Waals surface area contributed by atoms with E-state index in [0.717, 1.165) is 11.3 Å². The number of benzene rings is 1. The number of carbonyl (C=O) groups is 3. The summed E-state index contributed by atoms with van der Waals surface area (Å²) in [6.45, 7) is -0.781. The fraction of sp³-hybridized carbons (Fsp3) is 0.188. The molecular weight excluding hydrogens is 419 g/mol. The Morgan fingerprint density at radius 2 is 2.17 bits per heavy atom. The quantitative estimate of drug-likeness (QED) is 0.213. The number of hydrogen-bond acceptors (Lipinski definition) is 10. The number of nitrogen functional groups attached to an aromatic ring is 1. The van der Waals surface area contributed by atoms with E-state index in [-0.39, 0.29) is 34.3 Å². The average molecular weight is 434 g/mol. The van der Waals surface area contributed by atoms with Crippen LogP contribution in [0, 0.1) is 0 Å². The molecule has 0 bridgehead atoms. The Balaban J connectivity index is 1.81. The molecule has 1 amide bonds. The number of carboxylic acids is 2. The number of thiazole rings is 1. The van der Waals surface area contributed by atoms with Crippen molar-refractivity contribution in [3.8, 4) is 5.75 Å². The highest BCUT2D eigenvalue weighted by molar-refractivity contribution is 7.13. The molecule has 3 rings (SSSR count). The van der Waals surface area contributed by atoms with Gasteiger partial charge in [0.1, 0.15) is 11.4 Å². The van der Waals surface area contributed by atoms with Crippen molar-refractivity contribution in [1.29, 1.82) is 0 Å². The summed E-state index contributed by atoms with van der Waals surface area (Å²) >= 11 is 1.04. The first kappa shape index (κ1) is 21.1. The van der Waals surface area contributed by atoms with Crippen molar-refractivity contribution >= 4 is 47.1 Å². The number of aliphatic carboxylic acids is 1. The van der Waals surface area contributed by atoms with Gasteiger partial charge < -0.3 is 35.8 Å². The largest absolute Gasteiger partial charge is 0.547 e. The van der Waals surface area contributed by atoms with Gasteiger partial charge in [-0.1, -0.05) is 17.3 Å². The number of para-hydroxylation sites is 1. The molecule has 14 heteroatoms. The van der Waals surface area contributed by atoms with Crippen molar-refractivity contribution in [1.82, 2.24) is 10.3 Å². The van der Waals surface area contributed by atoms with Gasteiger partial charge in [-0.15, -0.1) is 11.3 Å². The number of oxime groups is 1. The number of nitrogens with one attached hydrogen (secondary N) is 1. The number of fused-ring (bicyclic) bond motifs is 1. The van der Waals surface area contributed by atoms with Crippen LogP contribution in [0.4, 0.5) is 5.13 Å². The summed E-state index contributed by atoms with van der Waals surface area (Å²) in [6, 6.07) is 4.47. The van der Waals surface area contributed by atoms with E-state index in [1.54, 1.807) is 6.07 Å². The predicted molar refractivity (Wildman–Crippen MR) is 104 cm³/mol. The van der Waals surface area contributed by atoms with Gasteiger partial charge in [0.15, 0.2) is 10.8 Å². The third-order valence-electron chi connectivity index (χ3n) is 3.99. The van der Waals surface area contributed by atoms with Gasteiger partial charge in [0.2, 0.25) is 6.61 Å². The second kappa shape index (κ2) is 8.79. The first-order valence-electron chi connectivity index (χ1n) is 8.40. The van der Waals surface area contributed by atoms with Crippen LogP contribution in [-0.4, -0.2) is 63.4 Å². The highest BCUT2D eigenvalue weighted by atomic mass is 32.1. The molecule has 6 N–H and O–H groups in total. The normalized spacial score (nSPS) is 15.7. The molecule has 0 unspecified atom stereocenters. The monoisotopic (exact) mass is 434 g/mol. The zero-order chi connectivity index (χ0) is 21.8. The molecular formula is C16H15BN4O8S. The Kier molecular flexibility index (Phi) is 6.18. The molecule has 0 radical (unpaired) electrons. The summed E-state index contributed by atoms with van der Waals surface area (Å²) in [4.78, 5) is 43.2. The van der Waals surface area contributed by atoms with Crippen molar-refractivity contribution in [2.45, 2.75) is 12.4 Å². The molecule has 1 aromatic carbocycles. The van der Waals surface area contributed by atoms with Crippen molar-refractivity contribution < 1.29 is 39.1 Å². The molecule has 0 saturated carbocycles. The van der Waals surface area contributed by atoms with Crippen LogP contribution >= 0.6 is 11.3 Å². The predicted octanol–water partition coefficient (Wildman–Crippen LogP) is -0.632. The first-order chi connectivity index (χ1) is 14.3. The Morgan fingerprint density at radius 1 is 1.40 bits per heavy atom. The van der Waals surface area contributed by atoms with Gasteiger partial charge in [-0.2, -0.15) is 0 Å². The smallest absolute Gasteiger partial charge is 0.534 e. The van der Waals surface area contributed by atoms with Gasteiger partial charge in [0.05, 0.1) is 11.5 Å². The van der Waals surface area contributed by atoms with Crippen LogP contribution in [0.25, 0.3) is 0 Å². The van der Waals surface area contributed by atoms with Crippen LogP contribution in [-0.2, 0) is 20.8 Å². The fourth-order valence-electron chi connectivity index (χ4n) is 2.71. The molecule has 1 aliphatic rings. The second-order valence-electron chi connectivity index (χ2n) is 6.07. The first-order valence-corrected chi connectivity index (χ1v) is 9.28. The molecule has 12 nitrogen and oxygen atoms in total. The van der Waals surface area contributed by atoms with E-state index in [4.69, 9.17) is 15.5 Å². The van der Waals surface area contributed by atoms with E-state index >= 15 is 0 Å². The Morgan fingerprint density at radius 3 is 2.80 bits per heavy atom. The molecule has 0 saturated heterocycles. The van der Waals surface area contributed by atoms with Crippen LogP contribution in [0.1, 0.15) is 21.6 Å². The topological polar surface area (TPSA) is 194 Å².